The van der Waals surface area contributed by atoms with Crippen molar-refractivity contribution in [2.45, 2.75) is 37.9 Å². The van der Waals surface area contributed by atoms with Gasteiger partial charge in [0.25, 0.3) is 0 Å². The fraction of sp³-hybridized carbons (Fsp3) is 0.615. The molecule has 0 spiro atoms. The number of ketones is 1. The summed E-state index contributed by atoms with van der Waals surface area (Å²) in [6.45, 7) is 8.01. The minimum Gasteiger partial charge on any atom is -0.298 e. The van der Waals surface area contributed by atoms with Crippen molar-refractivity contribution in [1.82, 2.24) is 0 Å². The van der Waals surface area contributed by atoms with Crippen LogP contribution < -0.4 is 0 Å². The van der Waals surface area contributed by atoms with Gasteiger partial charge in [0.15, 0.2) is 0 Å². The number of hydrogen-bond donors (Lipinski definition) is 0. The molecule has 0 aromatic carbocycles. The quantitative estimate of drug-likeness (QED) is 0.560. The molecule has 2 atom stereocenters. The van der Waals surface area contributed by atoms with E-state index in [0.29, 0.717) is 18.1 Å². The number of hydrogen-bond acceptors (Lipinski definition) is 1. The summed E-state index contributed by atoms with van der Waals surface area (Å²) < 4.78 is 0. The second-order valence-corrected chi connectivity index (χ2v) is 5.87. The Morgan fingerprint density at radius 3 is 2.73 bits per heavy atom. The van der Waals surface area contributed by atoms with Crippen LogP contribution in [0.1, 0.15) is 33.1 Å². The molecule has 1 rings (SSSR count). The highest BCUT2D eigenvalue weighted by atomic mass is 79.9. The molecule has 84 valence electrons. The summed E-state index contributed by atoms with van der Waals surface area (Å²) in [5, 5.41) is 0. The van der Waals surface area contributed by atoms with Gasteiger partial charge in [0.05, 0.1) is 4.83 Å². The lowest BCUT2D eigenvalue weighted by Crippen LogP contribution is -2.22. The highest BCUT2D eigenvalue weighted by Gasteiger charge is 2.45. The Kier molecular flexibility index (Phi) is 4.32. The Hall–Kier alpha value is -0.370. The Morgan fingerprint density at radius 2 is 2.27 bits per heavy atom. The van der Waals surface area contributed by atoms with Gasteiger partial charge in [0.2, 0.25) is 0 Å². The Labute approximate surface area is 101 Å². The van der Waals surface area contributed by atoms with E-state index in [1.807, 2.05) is 6.08 Å². The smallest absolute Gasteiger partial charge is 0.147 e. The zero-order chi connectivity index (χ0) is 11.5. The molecule has 0 amide bonds. The Bertz CT molecular complexity index is 278. The molecule has 2 heteroatoms. The van der Waals surface area contributed by atoms with E-state index in [1.54, 1.807) is 6.08 Å². The average Bonchev–Trinajstić information content (AvgIpc) is 2.33. The summed E-state index contributed by atoms with van der Waals surface area (Å²) in [5.74, 6) is 0.817. The largest absolute Gasteiger partial charge is 0.298 e. The number of alkyl halides is 1. The van der Waals surface area contributed by atoms with Crippen molar-refractivity contribution in [2.75, 3.05) is 0 Å². The zero-order valence-corrected chi connectivity index (χ0v) is 11.1. The van der Waals surface area contributed by atoms with Crippen LogP contribution in [0, 0.1) is 11.3 Å². The van der Waals surface area contributed by atoms with Gasteiger partial charge >= 0.3 is 0 Å². The first-order valence-corrected chi connectivity index (χ1v) is 6.35. The van der Waals surface area contributed by atoms with Crippen LogP contribution in [-0.4, -0.2) is 10.6 Å². The zero-order valence-electron chi connectivity index (χ0n) is 9.50. The fourth-order valence-corrected chi connectivity index (χ4v) is 3.45. The van der Waals surface area contributed by atoms with Crippen molar-refractivity contribution < 1.29 is 4.79 Å². The summed E-state index contributed by atoms with van der Waals surface area (Å²) >= 11 is 3.52. The SMILES string of the molecule is C=CC=CCC[C@H]1[C@H](Br)C(=O)CC1(C)C. The van der Waals surface area contributed by atoms with Crippen molar-refractivity contribution in [1.29, 1.82) is 0 Å². The van der Waals surface area contributed by atoms with Crippen LogP contribution in [0.4, 0.5) is 0 Å². The third-order valence-electron chi connectivity index (χ3n) is 3.21. The molecule has 0 radical (unpaired) electrons. The van der Waals surface area contributed by atoms with E-state index in [9.17, 15) is 4.79 Å². The van der Waals surface area contributed by atoms with E-state index in [2.05, 4.69) is 42.4 Å². The number of carbonyl (C=O) groups is 1. The van der Waals surface area contributed by atoms with Gasteiger partial charge in [0, 0.05) is 6.42 Å². The third kappa shape index (κ3) is 3.04. The molecule has 0 aromatic rings. The number of carbonyl (C=O) groups excluding carboxylic acids is 1. The molecular formula is C13H19BrO. The molecule has 1 saturated carbocycles. The van der Waals surface area contributed by atoms with Crippen LogP contribution in [0.3, 0.4) is 0 Å². The minimum absolute atomic E-state index is 0.0598. The maximum atomic E-state index is 11.6. The van der Waals surface area contributed by atoms with Gasteiger partial charge in [-0.2, -0.15) is 0 Å². The molecule has 1 aliphatic carbocycles. The van der Waals surface area contributed by atoms with Crippen LogP contribution >= 0.6 is 15.9 Å². The van der Waals surface area contributed by atoms with Crippen molar-refractivity contribution in [2.24, 2.45) is 11.3 Å². The average molecular weight is 271 g/mol. The topological polar surface area (TPSA) is 17.1 Å². The number of Topliss-reactive ketones (excluding diaryl/α,β-unsaturated/α-hetero) is 1. The van der Waals surface area contributed by atoms with Crippen LogP contribution in [0.5, 0.6) is 0 Å². The third-order valence-corrected chi connectivity index (χ3v) is 4.36. The van der Waals surface area contributed by atoms with Crippen molar-refractivity contribution in [3.05, 3.63) is 24.8 Å². The van der Waals surface area contributed by atoms with Gasteiger partial charge < -0.3 is 0 Å². The molecule has 0 saturated heterocycles. The van der Waals surface area contributed by atoms with E-state index in [4.69, 9.17) is 0 Å². The second-order valence-electron chi connectivity index (χ2n) is 4.88. The molecule has 1 fully saturated rings. The highest BCUT2D eigenvalue weighted by Crippen LogP contribution is 2.46. The predicted molar refractivity (Wildman–Crippen MR) is 68.2 cm³/mol. The summed E-state index contributed by atoms with van der Waals surface area (Å²) in [5.41, 5.74) is 0.146. The molecule has 0 unspecified atom stereocenters. The lowest BCUT2D eigenvalue weighted by molar-refractivity contribution is -0.117. The molecule has 15 heavy (non-hydrogen) atoms. The van der Waals surface area contributed by atoms with Gasteiger partial charge in [-0.05, 0) is 24.2 Å². The fourth-order valence-electron chi connectivity index (χ4n) is 2.30. The van der Waals surface area contributed by atoms with E-state index in [1.165, 1.54) is 0 Å². The lowest BCUT2D eigenvalue weighted by atomic mass is 9.79. The van der Waals surface area contributed by atoms with Gasteiger partial charge in [-0.25, -0.2) is 0 Å². The number of rotatable bonds is 4. The summed E-state index contributed by atoms with van der Waals surface area (Å²) in [6.07, 6.45) is 8.67. The maximum absolute atomic E-state index is 11.6. The minimum atomic E-state index is 0.0598. The Morgan fingerprint density at radius 1 is 1.60 bits per heavy atom. The van der Waals surface area contributed by atoms with E-state index >= 15 is 0 Å². The molecule has 1 nitrogen and oxygen atoms in total. The normalized spacial score (nSPS) is 29.9. The Balaban J connectivity index is 2.55. The molecule has 0 aromatic heterocycles. The van der Waals surface area contributed by atoms with Gasteiger partial charge in [-0.15, -0.1) is 0 Å². The molecule has 1 aliphatic rings. The summed E-state index contributed by atoms with van der Waals surface area (Å²) in [7, 11) is 0. The summed E-state index contributed by atoms with van der Waals surface area (Å²) in [4.78, 5) is 11.7. The molecular weight excluding hydrogens is 252 g/mol. The van der Waals surface area contributed by atoms with E-state index < -0.39 is 0 Å². The lowest BCUT2D eigenvalue weighted by Gasteiger charge is -2.27. The summed E-state index contributed by atoms with van der Waals surface area (Å²) in [6, 6.07) is 0. The van der Waals surface area contributed by atoms with Crippen molar-refractivity contribution >= 4 is 21.7 Å². The highest BCUT2D eigenvalue weighted by molar-refractivity contribution is 9.10. The van der Waals surface area contributed by atoms with Crippen molar-refractivity contribution in [3.63, 3.8) is 0 Å². The molecule has 0 bridgehead atoms. The molecule has 0 aliphatic heterocycles. The first-order valence-electron chi connectivity index (χ1n) is 5.43. The monoisotopic (exact) mass is 270 g/mol. The van der Waals surface area contributed by atoms with Gasteiger partial charge in [-0.3, -0.25) is 4.79 Å². The van der Waals surface area contributed by atoms with Crippen molar-refractivity contribution in [3.8, 4) is 0 Å². The maximum Gasteiger partial charge on any atom is 0.147 e. The van der Waals surface area contributed by atoms with E-state index in [0.717, 1.165) is 12.8 Å². The van der Waals surface area contributed by atoms with Crippen LogP contribution in [-0.2, 0) is 4.79 Å². The number of allylic oxidation sites excluding steroid dienone is 3. The van der Waals surface area contributed by atoms with Gasteiger partial charge in [0.1, 0.15) is 5.78 Å². The molecule has 0 N–H and O–H groups in total. The van der Waals surface area contributed by atoms with Gasteiger partial charge in [-0.1, -0.05) is 54.6 Å². The van der Waals surface area contributed by atoms with Crippen LogP contribution in [0.25, 0.3) is 0 Å². The standard InChI is InChI=1S/C13H19BrO/c1-4-5-6-7-8-10-12(14)11(15)9-13(10,2)3/h4-6,10,12H,1,7-9H2,2-3H3/t10-,12-/m0/s1. The van der Waals surface area contributed by atoms with E-state index in [-0.39, 0.29) is 10.2 Å². The molecule has 0 heterocycles. The first-order chi connectivity index (χ1) is 6.99. The van der Waals surface area contributed by atoms with Crippen LogP contribution in [0.2, 0.25) is 0 Å². The predicted octanol–water partition coefficient (Wildman–Crippen LogP) is 3.89. The second kappa shape index (κ2) is 5.11. The first kappa shape index (κ1) is 12.7. The number of halogens is 1. The van der Waals surface area contributed by atoms with Crippen LogP contribution in [0.15, 0.2) is 24.8 Å².